The van der Waals surface area contributed by atoms with E-state index in [-0.39, 0.29) is 39.2 Å². The van der Waals surface area contributed by atoms with Crippen LogP contribution in [0.2, 0.25) is 5.02 Å². The van der Waals surface area contributed by atoms with Crippen molar-refractivity contribution in [3.05, 3.63) is 113 Å². The van der Waals surface area contributed by atoms with Crippen LogP contribution in [0.1, 0.15) is 22.9 Å². The van der Waals surface area contributed by atoms with E-state index in [0.717, 1.165) is 0 Å². The van der Waals surface area contributed by atoms with Crippen LogP contribution in [0, 0.1) is 6.92 Å². The third-order valence-electron chi connectivity index (χ3n) is 6.56. The predicted molar refractivity (Wildman–Crippen MR) is 170 cm³/mol. The van der Waals surface area contributed by atoms with E-state index >= 15 is 0 Å². The van der Waals surface area contributed by atoms with Gasteiger partial charge >= 0.3 is 12.1 Å². The topological polar surface area (TPSA) is 197 Å². The van der Waals surface area contributed by atoms with Crippen LogP contribution in [-0.2, 0) is 21.3 Å². The standard InChI is InChI=1S/C25H22ClF3N6O3.C6H6O3S/c1-13-8-9-35(34-13)20-11-16(26)6-7-17(20)22(25(27,28)29)38-21-12-19(32-24(31)33-21)15-4-2-14(3-5-15)10-18(30)23(36)37;7-10(8,9)6-4-2-1-3-5-6/h2-9,11-12,18,22H,10,30H2,1H3,(H,36,37)(H2,31,32,33);1-5H,(H,7,8,9)/t18-,22+;/m0./s1. The summed E-state index contributed by atoms with van der Waals surface area (Å²) in [6.45, 7) is 1.71. The molecule has 0 unspecified atom stereocenters. The van der Waals surface area contributed by atoms with Gasteiger partial charge < -0.3 is 21.3 Å². The Labute approximate surface area is 277 Å². The number of carboxylic acids is 1. The molecule has 0 aliphatic carbocycles. The van der Waals surface area contributed by atoms with Crippen molar-refractivity contribution in [2.24, 2.45) is 5.73 Å². The monoisotopic (exact) mass is 704 g/mol. The number of ether oxygens (including phenoxy) is 1. The van der Waals surface area contributed by atoms with Crippen molar-refractivity contribution < 1.29 is 40.8 Å². The first-order valence-corrected chi connectivity index (χ1v) is 15.6. The molecule has 2 atom stereocenters. The Hall–Kier alpha value is -5.03. The van der Waals surface area contributed by atoms with Gasteiger partial charge in [0.05, 0.1) is 22.0 Å². The summed E-state index contributed by atoms with van der Waals surface area (Å²) in [4.78, 5) is 18.9. The maximum Gasteiger partial charge on any atom is 0.429 e. The summed E-state index contributed by atoms with van der Waals surface area (Å²) in [5.74, 6) is -1.83. The average Bonchev–Trinajstić information content (AvgIpc) is 3.46. The van der Waals surface area contributed by atoms with Crippen molar-refractivity contribution >= 4 is 33.6 Å². The summed E-state index contributed by atoms with van der Waals surface area (Å²) in [6, 6.07) is 19.7. The van der Waals surface area contributed by atoms with Crippen molar-refractivity contribution in [3.63, 3.8) is 0 Å². The molecule has 2 heterocycles. The van der Waals surface area contributed by atoms with E-state index < -0.39 is 40.3 Å². The minimum atomic E-state index is -4.84. The molecule has 0 bridgehead atoms. The highest BCUT2D eigenvalue weighted by Crippen LogP contribution is 2.40. The molecule has 0 saturated heterocycles. The number of alkyl halides is 3. The second kappa shape index (κ2) is 14.8. The second-order valence-electron chi connectivity index (χ2n) is 10.2. The molecule has 252 valence electrons. The molecule has 6 N–H and O–H groups in total. The number of anilines is 1. The minimum Gasteiger partial charge on any atom is -0.480 e. The van der Waals surface area contributed by atoms with Gasteiger partial charge in [0.15, 0.2) is 0 Å². The van der Waals surface area contributed by atoms with E-state index in [4.69, 9.17) is 37.5 Å². The highest BCUT2D eigenvalue weighted by Gasteiger charge is 2.45. The van der Waals surface area contributed by atoms with Gasteiger partial charge in [-0.15, -0.1) is 0 Å². The van der Waals surface area contributed by atoms with Crippen molar-refractivity contribution in [1.82, 2.24) is 19.7 Å². The van der Waals surface area contributed by atoms with Crippen LogP contribution in [0.15, 0.2) is 96.0 Å². The fraction of sp³-hybridized carbons (Fsp3) is 0.161. The quantitative estimate of drug-likeness (QED) is 0.143. The number of halogens is 4. The lowest BCUT2D eigenvalue weighted by atomic mass is 10.0. The lowest BCUT2D eigenvalue weighted by Gasteiger charge is -2.24. The van der Waals surface area contributed by atoms with Gasteiger partial charge in [-0.05, 0) is 49.2 Å². The van der Waals surface area contributed by atoms with Gasteiger partial charge in [-0.25, -0.2) is 9.67 Å². The molecule has 48 heavy (non-hydrogen) atoms. The maximum absolute atomic E-state index is 14.3. The smallest absolute Gasteiger partial charge is 0.429 e. The zero-order valence-electron chi connectivity index (χ0n) is 24.9. The van der Waals surface area contributed by atoms with Crippen LogP contribution in [-0.4, -0.2) is 56.0 Å². The molecule has 12 nitrogen and oxygen atoms in total. The molecule has 5 rings (SSSR count). The molecule has 0 aliphatic rings. The SMILES string of the molecule is Cc1ccn(-c2cc(Cl)ccc2[C@@H](Oc2cc(-c3ccc(C[C@H](N)C(=O)O)cc3)nc(N)n2)C(F)(F)F)n1.O=S(=O)(O)c1ccccc1. The van der Waals surface area contributed by atoms with Crippen LogP contribution in [0.5, 0.6) is 5.88 Å². The number of nitrogen functional groups attached to an aromatic ring is 1. The van der Waals surface area contributed by atoms with E-state index in [9.17, 15) is 26.4 Å². The molecular formula is C31H28ClF3N6O6S. The molecule has 5 aromatic rings. The molecular weight excluding hydrogens is 677 g/mol. The Bertz CT molecular complexity index is 1990. The van der Waals surface area contributed by atoms with Gasteiger partial charge in [0.1, 0.15) is 6.04 Å². The second-order valence-corrected chi connectivity index (χ2v) is 12.1. The highest BCUT2D eigenvalue weighted by molar-refractivity contribution is 7.85. The average molecular weight is 705 g/mol. The Morgan fingerprint density at radius 2 is 1.69 bits per heavy atom. The van der Waals surface area contributed by atoms with Crippen LogP contribution < -0.4 is 16.2 Å². The van der Waals surface area contributed by atoms with Crippen LogP contribution in [0.3, 0.4) is 0 Å². The lowest BCUT2D eigenvalue weighted by Crippen LogP contribution is -2.32. The summed E-state index contributed by atoms with van der Waals surface area (Å²) in [7, 11) is -4.00. The normalized spacial score (nSPS) is 12.8. The number of nitrogens with two attached hydrogens (primary N) is 2. The van der Waals surface area contributed by atoms with Crippen molar-refractivity contribution in [2.75, 3.05) is 5.73 Å². The number of aromatic nitrogens is 4. The van der Waals surface area contributed by atoms with E-state index in [0.29, 0.717) is 16.8 Å². The maximum atomic E-state index is 14.3. The number of carboxylic acid groups (broad SMARTS) is 1. The number of hydrogen-bond donors (Lipinski definition) is 4. The summed E-state index contributed by atoms with van der Waals surface area (Å²) in [5.41, 5.74) is 13.2. The first kappa shape index (κ1) is 35.8. The number of nitrogens with zero attached hydrogens (tertiary/aromatic N) is 4. The molecule has 0 fully saturated rings. The van der Waals surface area contributed by atoms with E-state index in [1.807, 2.05) is 0 Å². The van der Waals surface area contributed by atoms with Crippen molar-refractivity contribution in [3.8, 4) is 22.8 Å². The van der Waals surface area contributed by atoms with E-state index in [1.165, 1.54) is 47.3 Å². The third kappa shape index (κ3) is 9.51. The van der Waals surface area contributed by atoms with Gasteiger partial charge in [0, 0.05) is 28.4 Å². The van der Waals surface area contributed by atoms with Gasteiger partial charge in [0.25, 0.3) is 10.1 Å². The third-order valence-corrected chi connectivity index (χ3v) is 7.67. The number of carbonyl (C=O) groups is 1. The summed E-state index contributed by atoms with van der Waals surface area (Å²) < 4.78 is 78.8. The molecule has 0 saturated carbocycles. The fourth-order valence-electron chi connectivity index (χ4n) is 4.31. The first-order chi connectivity index (χ1) is 22.5. The summed E-state index contributed by atoms with van der Waals surface area (Å²) in [5, 5.41) is 13.4. The molecule has 0 spiro atoms. The van der Waals surface area contributed by atoms with Crippen molar-refractivity contribution in [2.45, 2.75) is 36.6 Å². The van der Waals surface area contributed by atoms with Gasteiger partial charge in [-0.1, -0.05) is 60.1 Å². The van der Waals surface area contributed by atoms with E-state index in [1.54, 1.807) is 55.5 Å². The number of aliphatic carboxylic acids is 1. The van der Waals surface area contributed by atoms with Gasteiger partial charge in [0.2, 0.25) is 17.9 Å². The minimum absolute atomic E-state index is 0.0741. The summed E-state index contributed by atoms with van der Waals surface area (Å²) in [6.07, 6.45) is -5.65. The Morgan fingerprint density at radius 1 is 1.02 bits per heavy atom. The van der Waals surface area contributed by atoms with Gasteiger partial charge in [-0.2, -0.15) is 31.7 Å². The molecule has 0 amide bonds. The zero-order valence-corrected chi connectivity index (χ0v) is 26.5. The van der Waals surface area contributed by atoms with Crippen LogP contribution >= 0.6 is 11.6 Å². The fourth-order valence-corrected chi connectivity index (χ4v) is 4.98. The Morgan fingerprint density at radius 3 is 2.23 bits per heavy atom. The number of benzene rings is 3. The molecule has 2 aromatic heterocycles. The number of aryl methyl sites for hydroxylation is 1. The van der Waals surface area contributed by atoms with Crippen LogP contribution in [0.25, 0.3) is 16.9 Å². The Kier molecular flexibility index (Phi) is 11.1. The Balaban J connectivity index is 0.000000445. The molecule has 3 aromatic carbocycles. The largest absolute Gasteiger partial charge is 0.480 e. The predicted octanol–water partition coefficient (Wildman–Crippen LogP) is 5.44. The first-order valence-electron chi connectivity index (χ1n) is 13.8. The molecule has 0 aliphatic heterocycles. The lowest BCUT2D eigenvalue weighted by molar-refractivity contribution is -0.198. The van der Waals surface area contributed by atoms with Crippen molar-refractivity contribution in [1.29, 1.82) is 0 Å². The highest BCUT2D eigenvalue weighted by atomic mass is 35.5. The van der Waals surface area contributed by atoms with Gasteiger partial charge in [-0.3, -0.25) is 9.35 Å². The summed E-state index contributed by atoms with van der Waals surface area (Å²) >= 11 is 6.08. The van der Waals surface area contributed by atoms with E-state index in [2.05, 4.69) is 15.1 Å². The molecule has 0 radical (unpaired) electrons. The molecule has 17 heteroatoms. The number of hydrogen-bond acceptors (Lipinski definition) is 9. The zero-order chi connectivity index (χ0) is 35.2. The van der Waals surface area contributed by atoms with Crippen LogP contribution in [0.4, 0.5) is 19.1 Å². The number of rotatable bonds is 9.